The van der Waals surface area contributed by atoms with Crippen LogP contribution in [0.4, 0.5) is 0 Å². The standard InChI is InChI=1S/C17H23NO2/c1-12(14-6-4-13(11-20)5-7-14)16-9-15(3-2-8-19)17-10-18(16)17/h4-7,11-12,15-17,19H,2-3,8-10H2,1H3. The van der Waals surface area contributed by atoms with Gasteiger partial charge in [0.2, 0.25) is 0 Å². The molecule has 2 heterocycles. The number of benzene rings is 1. The Morgan fingerprint density at radius 2 is 2.15 bits per heavy atom. The number of carbonyl (C=O) groups is 1. The highest BCUT2D eigenvalue weighted by Crippen LogP contribution is 2.47. The lowest BCUT2D eigenvalue weighted by atomic mass is 9.86. The number of rotatable bonds is 6. The molecule has 0 aromatic heterocycles. The van der Waals surface area contributed by atoms with Gasteiger partial charge >= 0.3 is 0 Å². The molecule has 0 saturated carbocycles. The van der Waals surface area contributed by atoms with Gasteiger partial charge < -0.3 is 5.11 Å². The van der Waals surface area contributed by atoms with E-state index in [1.54, 1.807) is 0 Å². The second-order valence-electron chi connectivity index (χ2n) is 6.27. The van der Waals surface area contributed by atoms with Crippen molar-refractivity contribution in [3.05, 3.63) is 35.4 Å². The Morgan fingerprint density at radius 1 is 1.40 bits per heavy atom. The van der Waals surface area contributed by atoms with Crippen LogP contribution in [0.3, 0.4) is 0 Å². The summed E-state index contributed by atoms with van der Waals surface area (Å²) in [6.07, 6.45) is 4.24. The number of carbonyl (C=O) groups excluding carboxylic acids is 1. The van der Waals surface area contributed by atoms with E-state index in [1.165, 1.54) is 18.5 Å². The number of fused-ring (bicyclic) bond motifs is 1. The molecule has 0 bridgehead atoms. The number of hydrogen-bond acceptors (Lipinski definition) is 3. The zero-order valence-corrected chi connectivity index (χ0v) is 12.0. The maximum atomic E-state index is 10.7. The third-order valence-electron chi connectivity index (χ3n) is 5.11. The number of aliphatic hydroxyl groups is 1. The van der Waals surface area contributed by atoms with E-state index in [9.17, 15) is 4.79 Å². The van der Waals surface area contributed by atoms with Crippen molar-refractivity contribution < 1.29 is 9.90 Å². The fourth-order valence-electron chi connectivity index (χ4n) is 3.83. The van der Waals surface area contributed by atoms with Crippen molar-refractivity contribution >= 4 is 6.29 Å². The molecule has 0 aliphatic carbocycles. The molecule has 1 aromatic carbocycles. The van der Waals surface area contributed by atoms with E-state index in [0.29, 0.717) is 18.6 Å². The molecule has 2 aliphatic rings. The van der Waals surface area contributed by atoms with Gasteiger partial charge in [-0.1, -0.05) is 31.2 Å². The number of aldehydes is 1. The predicted octanol–water partition coefficient (Wildman–Crippen LogP) is 2.45. The first kappa shape index (κ1) is 13.8. The molecule has 1 N–H and O–H groups in total. The molecule has 3 heteroatoms. The van der Waals surface area contributed by atoms with Gasteiger partial charge in [-0.2, -0.15) is 0 Å². The lowest BCUT2D eigenvalue weighted by molar-refractivity contribution is 0.112. The van der Waals surface area contributed by atoms with Gasteiger partial charge in [-0.3, -0.25) is 9.69 Å². The van der Waals surface area contributed by atoms with Gasteiger partial charge in [0.1, 0.15) is 6.29 Å². The van der Waals surface area contributed by atoms with Crippen LogP contribution in [0.25, 0.3) is 0 Å². The molecule has 108 valence electrons. The normalized spacial score (nSPS) is 32.7. The highest BCUT2D eigenvalue weighted by Gasteiger charge is 2.52. The molecule has 2 fully saturated rings. The van der Waals surface area contributed by atoms with E-state index in [2.05, 4.69) is 24.0 Å². The van der Waals surface area contributed by atoms with Crippen molar-refractivity contribution in [3.63, 3.8) is 0 Å². The third-order valence-corrected chi connectivity index (χ3v) is 5.11. The molecular formula is C17H23NO2. The smallest absolute Gasteiger partial charge is 0.150 e. The monoisotopic (exact) mass is 273 g/mol. The molecule has 3 rings (SSSR count). The molecule has 2 saturated heterocycles. The first-order chi connectivity index (χ1) is 9.74. The first-order valence-electron chi connectivity index (χ1n) is 7.66. The van der Waals surface area contributed by atoms with Crippen LogP contribution in [0.5, 0.6) is 0 Å². The van der Waals surface area contributed by atoms with Gasteiger partial charge in [-0.05, 0) is 36.7 Å². The summed E-state index contributed by atoms with van der Waals surface area (Å²) in [5, 5.41) is 8.99. The molecule has 20 heavy (non-hydrogen) atoms. The van der Waals surface area contributed by atoms with E-state index in [-0.39, 0.29) is 0 Å². The SMILES string of the molecule is CC(c1ccc(C=O)cc1)C1CC(CCCO)C2CN21. The summed E-state index contributed by atoms with van der Waals surface area (Å²) in [5.41, 5.74) is 2.08. The number of aliphatic hydroxyl groups excluding tert-OH is 1. The van der Waals surface area contributed by atoms with Crippen LogP contribution >= 0.6 is 0 Å². The minimum Gasteiger partial charge on any atom is -0.396 e. The van der Waals surface area contributed by atoms with Crippen molar-refractivity contribution in [3.8, 4) is 0 Å². The van der Waals surface area contributed by atoms with Crippen LogP contribution in [-0.4, -0.2) is 41.5 Å². The minimum absolute atomic E-state index is 0.316. The summed E-state index contributed by atoms with van der Waals surface area (Å²) in [6, 6.07) is 9.41. The lowest BCUT2D eigenvalue weighted by Crippen LogP contribution is -2.23. The third kappa shape index (κ3) is 2.52. The molecule has 1 aromatic rings. The maximum Gasteiger partial charge on any atom is 0.150 e. The Kier molecular flexibility index (Phi) is 3.90. The summed E-state index contributed by atoms with van der Waals surface area (Å²) >= 11 is 0. The van der Waals surface area contributed by atoms with Crippen molar-refractivity contribution in [1.82, 2.24) is 4.90 Å². The van der Waals surface area contributed by atoms with E-state index < -0.39 is 0 Å². The molecule has 5 unspecified atom stereocenters. The lowest BCUT2D eigenvalue weighted by Gasteiger charge is -2.23. The molecular weight excluding hydrogens is 250 g/mol. The van der Waals surface area contributed by atoms with E-state index in [1.807, 2.05) is 12.1 Å². The number of piperidine rings is 1. The van der Waals surface area contributed by atoms with Crippen LogP contribution in [-0.2, 0) is 0 Å². The first-order valence-corrected chi connectivity index (χ1v) is 7.66. The van der Waals surface area contributed by atoms with E-state index >= 15 is 0 Å². The topological polar surface area (TPSA) is 40.3 Å². The average molecular weight is 273 g/mol. The fraction of sp³-hybridized carbons (Fsp3) is 0.588. The van der Waals surface area contributed by atoms with Crippen LogP contribution < -0.4 is 0 Å². The summed E-state index contributed by atoms with van der Waals surface area (Å²) in [6.45, 7) is 3.85. The Labute approximate surface area is 120 Å². The Bertz CT molecular complexity index is 470. The average Bonchev–Trinajstić information content (AvgIpc) is 3.20. The van der Waals surface area contributed by atoms with Crippen molar-refractivity contribution in [2.24, 2.45) is 5.92 Å². The second-order valence-corrected chi connectivity index (χ2v) is 6.27. The quantitative estimate of drug-likeness (QED) is 0.639. The largest absolute Gasteiger partial charge is 0.396 e. The zero-order chi connectivity index (χ0) is 14.1. The molecule has 0 radical (unpaired) electrons. The summed E-state index contributed by atoms with van der Waals surface area (Å²) in [5.74, 6) is 1.28. The van der Waals surface area contributed by atoms with Gasteiger partial charge in [0.25, 0.3) is 0 Å². The van der Waals surface area contributed by atoms with Crippen molar-refractivity contribution in [2.45, 2.75) is 44.2 Å². The predicted molar refractivity (Wildman–Crippen MR) is 79.0 cm³/mol. The van der Waals surface area contributed by atoms with Gasteiger partial charge in [0, 0.05) is 30.8 Å². The highest BCUT2D eigenvalue weighted by molar-refractivity contribution is 5.74. The highest BCUT2D eigenvalue weighted by atomic mass is 16.2. The van der Waals surface area contributed by atoms with Gasteiger partial charge in [0.05, 0.1) is 0 Å². The van der Waals surface area contributed by atoms with Crippen molar-refractivity contribution in [2.75, 3.05) is 13.2 Å². The molecule has 2 aliphatic heterocycles. The summed E-state index contributed by atoms with van der Waals surface area (Å²) in [7, 11) is 0. The molecule has 0 amide bonds. The minimum atomic E-state index is 0.316. The maximum absolute atomic E-state index is 10.7. The summed E-state index contributed by atoms with van der Waals surface area (Å²) in [4.78, 5) is 13.3. The molecule has 0 spiro atoms. The van der Waals surface area contributed by atoms with E-state index in [4.69, 9.17) is 5.11 Å². The fourth-order valence-corrected chi connectivity index (χ4v) is 3.83. The number of hydrogen-bond donors (Lipinski definition) is 1. The van der Waals surface area contributed by atoms with Crippen LogP contribution in [0.1, 0.15) is 48.0 Å². The summed E-state index contributed by atoms with van der Waals surface area (Å²) < 4.78 is 0. The number of nitrogens with zero attached hydrogens (tertiary/aromatic N) is 1. The Morgan fingerprint density at radius 3 is 2.80 bits per heavy atom. The van der Waals surface area contributed by atoms with Gasteiger partial charge in [-0.25, -0.2) is 0 Å². The van der Waals surface area contributed by atoms with Crippen molar-refractivity contribution in [1.29, 1.82) is 0 Å². The Hall–Kier alpha value is -1.19. The molecule has 3 nitrogen and oxygen atoms in total. The van der Waals surface area contributed by atoms with E-state index in [0.717, 1.165) is 36.7 Å². The van der Waals surface area contributed by atoms with Crippen LogP contribution in [0.15, 0.2) is 24.3 Å². The van der Waals surface area contributed by atoms with Crippen LogP contribution in [0.2, 0.25) is 0 Å². The van der Waals surface area contributed by atoms with Gasteiger partial charge in [0.15, 0.2) is 0 Å². The zero-order valence-electron chi connectivity index (χ0n) is 12.0. The Balaban J connectivity index is 1.65. The molecule has 5 atom stereocenters. The second kappa shape index (κ2) is 5.66. The van der Waals surface area contributed by atoms with Crippen LogP contribution in [0, 0.1) is 5.92 Å². The van der Waals surface area contributed by atoms with Gasteiger partial charge in [-0.15, -0.1) is 0 Å².